The van der Waals surface area contributed by atoms with Gasteiger partial charge in [-0.15, -0.1) is 0 Å². The number of amides is 1. The van der Waals surface area contributed by atoms with Crippen LogP contribution in [0.3, 0.4) is 0 Å². The van der Waals surface area contributed by atoms with Gasteiger partial charge in [-0.3, -0.25) is 4.79 Å². The highest BCUT2D eigenvalue weighted by molar-refractivity contribution is 6.03. The Kier molecular flexibility index (Phi) is 5.27. The van der Waals surface area contributed by atoms with Crippen molar-refractivity contribution in [3.8, 4) is 0 Å². The van der Waals surface area contributed by atoms with Gasteiger partial charge in [0.15, 0.2) is 0 Å². The molecule has 0 bridgehead atoms. The number of hydrogen-bond acceptors (Lipinski definition) is 4. The van der Waals surface area contributed by atoms with Crippen LogP contribution >= 0.6 is 0 Å². The Bertz CT molecular complexity index is 887. The van der Waals surface area contributed by atoms with Gasteiger partial charge in [-0.25, -0.2) is 9.97 Å². The molecule has 0 aliphatic rings. The Hall–Kier alpha value is -3.21. The summed E-state index contributed by atoms with van der Waals surface area (Å²) in [5.74, 6) is 0.617. The second-order valence-corrected chi connectivity index (χ2v) is 6.48. The molecule has 0 aliphatic carbocycles. The number of rotatable bonds is 5. The first-order valence-corrected chi connectivity index (χ1v) is 8.59. The van der Waals surface area contributed by atoms with Gasteiger partial charge in [0.25, 0.3) is 5.91 Å². The van der Waals surface area contributed by atoms with Crippen LogP contribution < -0.4 is 10.6 Å². The zero-order valence-electron chi connectivity index (χ0n) is 15.2. The number of para-hydroxylation sites is 1. The number of aryl methyl sites for hydroxylation is 1. The SMILES string of the molecule is Cc1ccc(NC(=O)c2cnc(Nc3ccccc3C(C)C)nc2)cc1. The molecule has 0 aliphatic heterocycles. The Balaban J connectivity index is 1.70. The number of carbonyl (C=O) groups is 1. The van der Waals surface area contributed by atoms with Crippen LogP contribution in [-0.4, -0.2) is 15.9 Å². The van der Waals surface area contributed by atoms with E-state index >= 15 is 0 Å². The van der Waals surface area contributed by atoms with E-state index in [0.717, 1.165) is 16.9 Å². The fraction of sp³-hybridized carbons (Fsp3) is 0.190. The molecular weight excluding hydrogens is 324 g/mol. The smallest absolute Gasteiger partial charge is 0.258 e. The highest BCUT2D eigenvalue weighted by Gasteiger charge is 2.10. The maximum absolute atomic E-state index is 12.3. The summed E-state index contributed by atoms with van der Waals surface area (Å²) in [7, 11) is 0. The van der Waals surface area contributed by atoms with E-state index < -0.39 is 0 Å². The molecule has 132 valence electrons. The number of aromatic nitrogens is 2. The van der Waals surface area contributed by atoms with Gasteiger partial charge in [0.05, 0.1) is 5.56 Å². The average molecular weight is 346 g/mol. The minimum atomic E-state index is -0.233. The van der Waals surface area contributed by atoms with Crippen LogP contribution in [0, 0.1) is 6.92 Å². The molecule has 0 atom stereocenters. The number of anilines is 3. The molecule has 0 saturated carbocycles. The van der Waals surface area contributed by atoms with Crippen LogP contribution in [0.1, 0.15) is 41.3 Å². The Morgan fingerprint density at radius 3 is 2.27 bits per heavy atom. The van der Waals surface area contributed by atoms with Crippen molar-refractivity contribution in [2.24, 2.45) is 0 Å². The third kappa shape index (κ3) is 4.25. The van der Waals surface area contributed by atoms with Crippen molar-refractivity contribution in [2.45, 2.75) is 26.7 Å². The Morgan fingerprint density at radius 2 is 1.62 bits per heavy atom. The van der Waals surface area contributed by atoms with E-state index in [1.54, 1.807) is 0 Å². The van der Waals surface area contributed by atoms with E-state index in [4.69, 9.17) is 0 Å². The van der Waals surface area contributed by atoms with Crippen molar-refractivity contribution in [1.29, 1.82) is 0 Å². The lowest BCUT2D eigenvalue weighted by atomic mass is 10.0. The van der Waals surface area contributed by atoms with Crippen LogP contribution in [0.25, 0.3) is 0 Å². The van der Waals surface area contributed by atoms with E-state index in [1.165, 1.54) is 18.0 Å². The third-order valence-electron chi connectivity index (χ3n) is 4.05. The van der Waals surface area contributed by atoms with E-state index in [-0.39, 0.29) is 5.91 Å². The molecule has 1 amide bonds. The van der Waals surface area contributed by atoms with Crippen LogP contribution in [0.2, 0.25) is 0 Å². The van der Waals surface area contributed by atoms with Gasteiger partial charge in [-0.1, -0.05) is 49.7 Å². The summed E-state index contributed by atoms with van der Waals surface area (Å²) in [6, 6.07) is 15.7. The second kappa shape index (κ2) is 7.78. The third-order valence-corrected chi connectivity index (χ3v) is 4.05. The van der Waals surface area contributed by atoms with Crippen molar-refractivity contribution >= 4 is 23.2 Å². The minimum absolute atomic E-state index is 0.233. The highest BCUT2D eigenvalue weighted by atomic mass is 16.1. The lowest BCUT2D eigenvalue weighted by Crippen LogP contribution is -2.13. The number of nitrogens with zero attached hydrogens (tertiary/aromatic N) is 2. The van der Waals surface area contributed by atoms with Gasteiger partial charge in [0.1, 0.15) is 0 Å². The summed E-state index contributed by atoms with van der Waals surface area (Å²) in [6.45, 7) is 6.28. The summed E-state index contributed by atoms with van der Waals surface area (Å²) in [6.07, 6.45) is 3.05. The summed E-state index contributed by atoms with van der Waals surface area (Å²) in [5, 5.41) is 6.06. The molecule has 3 aromatic rings. The van der Waals surface area contributed by atoms with Gasteiger partial charge < -0.3 is 10.6 Å². The van der Waals surface area contributed by atoms with E-state index in [1.807, 2.05) is 49.4 Å². The first-order chi connectivity index (χ1) is 12.5. The molecule has 1 heterocycles. The topological polar surface area (TPSA) is 66.9 Å². The standard InChI is InChI=1S/C21H22N4O/c1-14(2)18-6-4-5-7-19(18)25-21-22-12-16(13-23-21)20(26)24-17-10-8-15(3)9-11-17/h4-14H,1-3H3,(H,24,26)(H,22,23,25). The zero-order valence-corrected chi connectivity index (χ0v) is 15.2. The Labute approximate surface area is 153 Å². The van der Waals surface area contributed by atoms with Crippen molar-refractivity contribution in [3.05, 3.63) is 77.6 Å². The summed E-state index contributed by atoms with van der Waals surface area (Å²) >= 11 is 0. The van der Waals surface area contributed by atoms with Crippen molar-refractivity contribution in [1.82, 2.24) is 9.97 Å². The normalized spacial score (nSPS) is 10.6. The molecule has 0 fully saturated rings. The van der Waals surface area contributed by atoms with Crippen molar-refractivity contribution < 1.29 is 4.79 Å². The fourth-order valence-corrected chi connectivity index (χ4v) is 2.58. The van der Waals surface area contributed by atoms with E-state index in [2.05, 4.69) is 40.5 Å². The predicted molar refractivity (Wildman–Crippen MR) is 105 cm³/mol. The quantitative estimate of drug-likeness (QED) is 0.689. The van der Waals surface area contributed by atoms with E-state index in [0.29, 0.717) is 17.4 Å². The van der Waals surface area contributed by atoms with Crippen molar-refractivity contribution in [2.75, 3.05) is 10.6 Å². The predicted octanol–water partition coefficient (Wildman–Crippen LogP) is 4.90. The van der Waals surface area contributed by atoms with Crippen LogP contribution in [0.4, 0.5) is 17.3 Å². The van der Waals surface area contributed by atoms with Crippen LogP contribution in [0.15, 0.2) is 60.9 Å². The van der Waals surface area contributed by atoms with Crippen LogP contribution in [-0.2, 0) is 0 Å². The largest absolute Gasteiger partial charge is 0.324 e. The second-order valence-electron chi connectivity index (χ2n) is 6.48. The highest BCUT2D eigenvalue weighted by Crippen LogP contribution is 2.25. The van der Waals surface area contributed by atoms with Gasteiger partial charge in [0, 0.05) is 23.8 Å². The molecule has 5 nitrogen and oxygen atoms in total. The monoisotopic (exact) mass is 346 g/mol. The maximum Gasteiger partial charge on any atom is 0.258 e. The molecule has 5 heteroatoms. The first kappa shape index (κ1) is 17.6. The average Bonchev–Trinajstić information content (AvgIpc) is 2.64. The molecule has 1 aromatic heterocycles. The van der Waals surface area contributed by atoms with Crippen LogP contribution in [0.5, 0.6) is 0 Å². The number of hydrogen-bond donors (Lipinski definition) is 2. The summed E-state index contributed by atoms with van der Waals surface area (Å²) in [4.78, 5) is 20.8. The Morgan fingerprint density at radius 1 is 0.962 bits per heavy atom. The molecular formula is C21H22N4O. The molecule has 26 heavy (non-hydrogen) atoms. The first-order valence-electron chi connectivity index (χ1n) is 8.59. The van der Waals surface area contributed by atoms with Gasteiger partial charge >= 0.3 is 0 Å². The molecule has 3 rings (SSSR count). The van der Waals surface area contributed by atoms with Gasteiger partial charge in [-0.2, -0.15) is 0 Å². The van der Waals surface area contributed by atoms with E-state index in [9.17, 15) is 4.79 Å². The minimum Gasteiger partial charge on any atom is -0.324 e. The lowest BCUT2D eigenvalue weighted by Gasteiger charge is -2.13. The summed E-state index contributed by atoms with van der Waals surface area (Å²) in [5.41, 5.74) is 4.46. The maximum atomic E-state index is 12.3. The molecule has 2 N–H and O–H groups in total. The summed E-state index contributed by atoms with van der Waals surface area (Å²) < 4.78 is 0. The number of carbonyl (C=O) groups excluding carboxylic acids is 1. The number of benzene rings is 2. The molecule has 0 radical (unpaired) electrons. The van der Waals surface area contributed by atoms with Gasteiger partial charge in [0.2, 0.25) is 5.95 Å². The molecule has 0 unspecified atom stereocenters. The zero-order chi connectivity index (χ0) is 18.5. The van der Waals surface area contributed by atoms with Gasteiger partial charge in [-0.05, 0) is 36.6 Å². The number of nitrogens with one attached hydrogen (secondary N) is 2. The lowest BCUT2D eigenvalue weighted by molar-refractivity contribution is 0.102. The molecule has 2 aromatic carbocycles. The molecule has 0 saturated heterocycles. The molecule has 0 spiro atoms. The van der Waals surface area contributed by atoms with Crippen molar-refractivity contribution in [3.63, 3.8) is 0 Å². The fourth-order valence-electron chi connectivity index (χ4n) is 2.58.